The molecule has 2 heteroatoms. The highest BCUT2D eigenvalue weighted by Crippen LogP contribution is 2.36. The van der Waals surface area contributed by atoms with E-state index >= 15 is 0 Å². The average molecular weight is 243 g/mol. The molecule has 0 atom stereocenters. The molecule has 1 aromatic carbocycles. The van der Waals surface area contributed by atoms with Gasteiger partial charge in [0.05, 0.1) is 0 Å². The first-order valence-electron chi connectivity index (χ1n) is 7.09. The number of hydrogen-bond acceptors (Lipinski definition) is 2. The summed E-state index contributed by atoms with van der Waals surface area (Å²) in [6, 6.07) is 8.09. The van der Waals surface area contributed by atoms with Gasteiger partial charge in [-0.1, -0.05) is 12.1 Å². The maximum atomic E-state index is 11.7. The van der Waals surface area contributed by atoms with Crippen molar-refractivity contribution in [3.8, 4) is 0 Å². The minimum Gasteiger partial charge on any atom is -0.370 e. The van der Waals surface area contributed by atoms with Crippen LogP contribution < -0.4 is 4.90 Å². The lowest BCUT2D eigenvalue weighted by Crippen LogP contribution is -2.29. The molecule has 2 nitrogen and oxygen atoms in total. The average Bonchev–Trinajstić information content (AvgIpc) is 3.23. The van der Waals surface area contributed by atoms with E-state index in [-0.39, 0.29) is 5.78 Å². The van der Waals surface area contributed by atoms with Gasteiger partial charge in [-0.2, -0.15) is 0 Å². The summed E-state index contributed by atoms with van der Waals surface area (Å²) < 4.78 is 0. The topological polar surface area (TPSA) is 20.3 Å². The monoisotopic (exact) mass is 243 g/mol. The third-order valence-corrected chi connectivity index (χ3v) is 3.98. The molecule has 0 N–H and O–H groups in total. The highest BCUT2D eigenvalue weighted by atomic mass is 16.1. The standard InChI is InChI=1S/C16H21NO/c1-12(18)15-4-2-3-5-16(15)17(10-13-6-7-13)11-14-8-9-14/h2-5,13-14H,6-11H2,1H3. The molecule has 0 aliphatic heterocycles. The zero-order valence-corrected chi connectivity index (χ0v) is 11.1. The van der Waals surface area contributed by atoms with Crippen molar-refractivity contribution in [1.29, 1.82) is 0 Å². The van der Waals surface area contributed by atoms with E-state index in [4.69, 9.17) is 0 Å². The number of carbonyl (C=O) groups excluding carboxylic acids is 1. The third kappa shape index (κ3) is 2.74. The van der Waals surface area contributed by atoms with Crippen LogP contribution in [0.15, 0.2) is 24.3 Å². The van der Waals surface area contributed by atoms with Crippen molar-refractivity contribution in [2.75, 3.05) is 18.0 Å². The fourth-order valence-electron chi connectivity index (χ4n) is 2.54. The molecule has 2 aliphatic carbocycles. The number of rotatable bonds is 6. The maximum Gasteiger partial charge on any atom is 0.161 e. The third-order valence-electron chi connectivity index (χ3n) is 3.98. The van der Waals surface area contributed by atoms with Crippen LogP contribution in [0.3, 0.4) is 0 Å². The van der Waals surface area contributed by atoms with Crippen LogP contribution in [0.4, 0.5) is 5.69 Å². The van der Waals surface area contributed by atoms with Crippen molar-refractivity contribution in [3.05, 3.63) is 29.8 Å². The summed E-state index contributed by atoms with van der Waals surface area (Å²) in [6.45, 7) is 3.95. The Morgan fingerprint density at radius 1 is 1.11 bits per heavy atom. The van der Waals surface area contributed by atoms with Gasteiger partial charge < -0.3 is 4.90 Å². The van der Waals surface area contributed by atoms with Gasteiger partial charge in [0.1, 0.15) is 0 Å². The summed E-state index contributed by atoms with van der Waals surface area (Å²) in [6.07, 6.45) is 5.46. The number of benzene rings is 1. The van der Waals surface area contributed by atoms with Gasteiger partial charge in [0.15, 0.2) is 5.78 Å². The minimum atomic E-state index is 0.183. The Hall–Kier alpha value is -1.31. The molecule has 0 unspecified atom stereocenters. The van der Waals surface area contributed by atoms with Crippen LogP contribution in [0.1, 0.15) is 43.0 Å². The number of carbonyl (C=O) groups is 1. The predicted octanol–water partition coefficient (Wildman–Crippen LogP) is 3.52. The smallest absolute Gasteiger partial charge is 0.161 e. The summed E-state index contributed by atoms with van der Waals surface area (Å²) in [5.74, 6) is 1.91. The highest BCUT2D eigenvalue weighted by molar-refractivity contribution is 5.99. The van der Waals surface area contributed by atoms with Crippen LogP contribution in [0.25, 0.3) is 0 Å². The molecule has 2 fully saturated rings. The summed E-state index contributed by atoms with van der Waals surface area (Å²) in [5, 5.41) is 0. The zero-order chi connectivity index (χ0) is 12.5. The Balaban J connectivity index is 1.84. The van der Waals surface area contributed by atoms with Crippen molar-refractivity contribution in [1.82, 2.24) is 0 Å². The Morgan fingerprint density at radius 3 is 2.17 bits per heavy atom. The van der Waals surface area contributed by atoms with Crippen molar-refractivity contribution >= 4 is 11.5 Å². The molecule has 0 saturated heterocycles. The molecule has 1 aromatic rings. The van der Waals surface area contributed by atoms with Crippen molar-refractivity contribution in [2.24, 2.45) is 11.8 Å². The number of ketones is 1. The Morgan fingerprint density at radius 2 is 1.67 bits per heavy atom. The fourth-order valence-corrected chi connectivity index (χ4v) is 2.54. The second kappa shape index (κ2) is 4.75. The van der Waals surface area contributed by atoms with Gasteiger partial charge in [0.25, 0.3) is 0 Å². The molecule has 2 saturated carbocycles. The zero-order valence-electron chi connectivity index (χ0n) is 11.1. The van der Waals surface area contributed by atoms with Gasteiger partial charge in [0.2, 0.25) is 0 Å². The van der Waals surface area contributed by atoms with E-state index in [2.05, 4.69) is 17.0 Å². The van der Waals surface area contributed by atoms with Gasteiger partial charge in [-0.05, 0) is 56.6 Å². The Bertz CT molecular complexity index is 432. The number of nitrogens with zero attached hydrogens (tertiary/aromatic N) is 1. The number of anilines is 1. The molecule has 0 heterocycles. The summed E-state index contributed by atoms with van der Waals surface area (Å²) >= 11 is 0. The molecule has 0 spiro atoms. The Kier molecular flexibility index (Phi) is 3.11. The van der Waals surface area contributed by atoms with E-state index in [1.807, 2.05) is 12.1 Å². The van der Waals surface area contributed by atoms with E-state index in [1.165, 1.54) is 25.7 Å². The molecular formula is C16H21NO. The van der Waals surface area contributed by atoms with Crippen LogP contribution >= 0.6 is 0 Å². The second-order valence-corrected chi connectivity index (χ2v) is 5.87. The quantitative estimate of drug-likeness (QED) is 0.713. The van der Waals surface area contributed by atoms with Gasteiger partial charge in [-0.15, -0.1) is 0 Å². The van der Waals surface area contributed by atoms with Gasteiger partial charge in [0, 0.05) is 24.3 Å². The number of para-hydroxylation sites is 1. The molecular weight excluding hydrogens is 222 g/mol. The van der Waals surface area contributed by atoms with Crippen LogP contribution in [-0.4, -0.2) is 18.9 Å². The SMILES string of the molecule is CC(=O)c1ccccc1N(CC1CC1)CC1CC1. The lowest BCUT2D eigenvalue weighted by Gasteiger charge is -2.26. The normalized spacial score (nSPS) is 18.7. The van der Waals surface area contributed by atoms with Crippen molar-refractivity contribution < 1.29 is 4.79 Å². The van der Waals surface area contributed by atoms with Crippen LogP contribution in [-0.2, 0) is 0 Å². The highest BCUT2D eigenvalue weighted by Gasteiger charge is 2.30. The largest absolute Gasteiger partial charge is 0.370 e. The Labute approximate surface area is 109 Å². The predicted molar refractivity (Wildman–Crippen MR) is 74.1 cm³/mol. The van der Waals surface area contributed by atoms with Gasteiger partial charge in [-0.25, -0.2) is 0 Å². The molecule has 0 radical (unpaired) electrons. The van der Waals surface area contributed by atoms with Crippen LogP contribution in [0.2, 0.25) is 0 Å². The summed E-state index contributed by atoms with van der Waals surface area (Å²) in [7, 11) is 0. The first-order valence-corrected chi connectivity index (χ1v) is 7.09. The van der Waals surface area contributed by atoms with Gasteiger partial charge in [-0.3, -0.25) is 4.79 Å². The molecule has 2 aliphatic rings. The van der Waals surface area contributed by atoms with E-state index in [0.29, 0.717) is 0 Å². The summed E-state index contributed by atoms with van der Waals surface area (Å²) in [4.78, 5) is 14.2. The molecule has 18 heavy (non-hydrogen) atoms. The van der Waals surface area contributed by atoms with E-state index in [9.17, 15) is 4.79 Å². The van der Waals surface area contributed by atoms with Crippen molar-refractivity contribution in [2.45, 2.75) is 32.6 Å². The molecule has 0 amide bonds. The van der Waals surface area contributed by atoms with E-state index in [0.717, 1.165) is 36.2 Å². The molecule has 0 bridgehead atoms. The maximum absolute atomic E-state index is 11.7. The van der Waals surface area contributed by atoms with Crippen LogP contribution in [0, 0.1) is 11.8 Å². The van der Waals surface area contributed by atoms with E-state index < -0.39 is 0 Å². The van der Waals surface area contributed by atoms with E-state index in [1.54, 1.807) is 6.92 Å². The first kappa shape index (κ1) is 11.8. The minimum absolute atomic E-state index is 0.183. The van der Waals surface area contributed by atoms with Gasteiger partial charge >= 0.3 is 0 Å². The molecule has 3 rings (SSSR count). The second-order valence-electron chi connectivity index (χ2n) is 5.87. The lowest BCUT2D eigenvalue weighted by molar-refractivity contribution is 0.101. The van der Waals surface area contributed by atoms with Crippen LogP contribution in [0.5, 0.6) is 0 Å². The first-order chi connectivity index (χ1) is 8.74. The van der Waals surface area contributed by atoms with Crippen molar-refractivity contribution in [3.63, 3.8) is 0 Å². The number of Topliss-reactive ketones (excluding diaryl/α,β-unsaturated/α-hetero) is 1. The molecule has 0 aromatic heterocycles. The number of hydrogen-bond donors (Lipinski definition) is 0. The fraction of sp³-hybridized carbons (Fsp3) is 0.562. The summed E-state index contributed by atoms with van der Waals surface area (Å²) in [5.41, 5.74) is 2.04. The lowest BCUT2D eigenvalue weighted by atomic mass is 10.1. The molecule has 96 valence electrons.